The Morgan fingerprint density at radius 3 is 2.33 bits per heavy atom. The van der Waals surface area contributed by atoms with Gasteiger partial charge >= 0.3 is 0 Å². The first-order valence-corrected chi connectivity index (χ1v) is 7.41. The van der Waals surface area contributed by atoms with Gasteiger partial charge in [-0.05, 0) is 42.0 Å². The molecule has 2 rings (SSSR count). The van der Waals surface area contributed by atoms with Crippen LogP contribution in [0.5, 0.6) is 0 Å². The van der Waals surface area contributed by atoms with Crippen molar-refractivity contribution in [1.82, 2.24) is 0 Å². The lowest BCUT2D eigenvalue weighted by Gasteiger charge is -2.07. The van der Waals surface area contributed by atoms with Gasteiger partial charge in [0, 0.05) is 28.4 Å². The highest BCUT2D eigenvalue weighted by molar-refractivity contribution is 9.10. The summed E-state index contributed by atoms with van der Waals surface area (Å²) in [6.45, 7) is 1.82. The first-order chi connectivity index (χ1) is 10.0. The SMILES string of the molecule is CCC(=O)Cc1ccc(C(=O)c2ccc(F)cc2)c(Br)c1. The van der Waals surface area contributed by atoms with Gasteiger partial charge in [0.15, 0.2) is 5.78 Å². The minimum absolute atomic E-state index is 0.152. The summed E-state index contributed by atoms with van der Waals surface area (Å²) in [5, 5.41) is 0. The lowest BCUT2D eigenvalue weighted by atomic mass is 10.00. The van der Waals surface area contributed by atoms with E-state index in [9.17, 15) is 14.0 Å². The molecule has 0 saturated carbocycles. The lowest BCUT2D eigenvalue weighted by Crippen LogP contribution is -2.05. The molecule has 0 amide bonds. The number of benzene rings is 2. The number of carbonyl (C=O) groups is 2. The van der Waals surface area contributed by atoms with Gasteiger partial charge in [0.05, 0.1) is 0 Å². The Morgan fingerprint density at radius 1 is 1.10 bits per heavy atom. The highest BCUT2D eigenvalue weighted by atomic mass is 79.9. The van der Waals surface area contributed by atoms with Crippen LogP contribution in [-0.4, -0.2) is 11.6 Å². The molecule has 2 aromatic carbocycles. The maximum atomic E-state index is 12.9. The summed E-state index contributed by atoms with van der Waals surface area (Å²) in [6.07, 6.45) is 0.855. The molecule has 0 aliphatic rings. The predicted molar refractivity (Wildman–Crippen MR) is 83.0 cm³/mol. The number of hydrogen-bond acceptors (Lipinski definition) is 2. The molecule has 0 heterocycles. The van der Waals surface area contributed by atoms with Crippen molar-refractivity contribution in [3.63, 3.8) is 0 Å². The number of hydrogen-bond donors (Lipinski definition) is 0. The van der Waals surface area contributed by atoms with Crippen LogP contribution >= 0.6 is 15.9 Å². The van der Waals surface area contributed by atoms with Gasteiger partial charge in [-0.15, -0.1) is 0 Å². The maximum Gasteiger partial charge on any atom is 0.194 e. The van der Waals surface area contributed by atoms with Gasteiger partial charge in [-0.1, -0.05) is 28.9 Å². The molecule has 108 valence electrons. The molecule has 4 heteroatoms. The van der Waals surface area contributed by atoms with E-state index in [1.165, 1.54) is 24.3 Å². The fraction of sp³-hybridized carbons (Fsp3) is 0.176. The van der Waals surface area contributed by atoms with Gasteiger partial charge in [0.1, 0.15) is 11.6 Å². The summed E-state index contributed by atoms with van der Waals surface area (Å²) in [5.74, 6) is -0.409. The molecule has 2 nitrogen and oxygen atoms in total. The van der Waals surface area contributed by atoms with E-state index in [0.717, 1.165) is 5.56 Å². The second-order valence-corrected chi connectivity index (χ2v) is 5.57. The molecule has 0 unspecified atom stereocenters. The number of Topliss-reactive ketones (excluding diaryl/α,β-unsaturated/α-hetero) is 1. The Balaban J connectivity index is 2.26. The summed E-state index contributed by atoms with van der Waals surface area (Å²) in [7, 11) is 0. The first kappa shape index (κ1) is 15.6. The van der Waals surface area contributed by atoms with Gasteiger partial charge < -0.3 is 0 Å². The summed E-state index contributed by atoms with van der Waals surface area (Å²) in [5.41, 5.74) is 1.79. The zero-order chi connectivity index (χ0) is 15.4. The third-order valence-electron chi connectivity index (χ3n) is 3.18. The van der Waals surface area contributed by atoms with Crippen LogP contribution in [0.15, 0.2) is 46.9 Å². The summed E-state index contributed by atoms with van der Waals surface area (Å²) < 4.78 is 13.5. The van der Waals surface area contributed by atoms with Crippen LogP contribution in [-0.2, 0) is 11.2 Å². The molecule has 0 aliphatic heterocycles. The predicted octanol–water partition coefficient (Wildman–Crippen LogP) is 4.34. The van der Waals surface area contributed by atoms with Crippen LogP contribution in [0.25, 0.3) is 0 Å². The van der Waals surface area contributed by atoms with E-state index in [4.69, 9.17) is 0 Å². The van der Waals surface area contributed by atoms with Gasteiger partial charge in [-0.3, -0.25) is 9.59 Å². The zero-order valence-corrected chi connectivity index (χ0v) is 13.1. The molecule has 0 spiro atoms. The normalized spacial score (nSPS) is 10.4. The minimum Gasteiger partial charge on any atom is -0.299 e. The molecule has 0 fully saturated rings. The second kappa shape index (κ2) is 6.76. The Hall–Kier alpha value is -1.81. The molecule has 2 aromatic rings. The zero-order valence-electron chi connectivity index (χ0n) is 11.5. The molecule has 0 atom stereocenters. The van der Waals surface area contributed by atoms with Crippen molar-refractivity contribution in [3.05, 3.63) is 69.4 Å². The van der Waals surface area contributed by atoms with Crippen LogP contribution in [0.3, 0.4) is 0 Å². The van der Waals surface area contributed by atoms with E-state index in [2.05, 4.69) is 15.9 Å². The van der Waals surface area contributed by atoms with Gasteiger partial charge in [0.2, 0.25) is 0 Å². The smallest absolute Gasteiger partial charge is 0.194 e. The van der Waals surface area contributed by atoms with Crippen molar-refractivity contribution in [2.75, 3.05) is 0 Å². The van der Waals surface area contributed by atoms with Crippen LogP contribution in [0, 0.1) is 5.82 Å². The van der Waals surface area contributed by atoms with Crippen molar-refractivity contribution < 1.29 is 14.0 Å². The van der Waals surface area contributed by atoms with Crippen molar-refractivity contribution in [3.8, 4) is 0 Å². The van der Waals surface area contributed by atoms with Crippen molar-refractivity contribution >= 4 is 27.5 Å². The van der Waals surface area contributed by atoms with Crippen LogP contribution in [0.1, 0.15) is 34.8 Å². The second-order valence-electron chi connectivity index (χ2n) is 4.72. The average Bonchev–Trinajstić information content (AvgIpc) is 2.47. The molecular formula is C17H14BrFO2. The Bertz CT molecular complexity index is 678. The van der Waals surface area contributed by atoms with Crippen molar-refractivity contribution in [1.29, 1.82) is 0 Å². The van der Waals surface area contributed by atoms with Crippen LogP contribution in [0.4, 0.5) is 4.39 Å². The largest absolute Gasteiger partial charge is 0.299 e. The number of carbonyl (C=O) groups excluding carboxylic acids is 2. The fourth-order valence-corrected chi connectivity index (χ4v) is 2.57. The maximum absolute atomic E-state index is 12.9. The molecular weight excluding hydrogens is 335 g/mol. The lowest BCUT2D eigenvalue weighted by molar-refractivity contribution is -0.118. The average molecular weight is 349 g/mol. The van der Waals surface area contributed by atoms with E-state index in [1.54, 1.807) is 18.2 Å². The molecule has 0 aliphatic carbocycles. The molecule has 0 N–H and O–H groups in total. The fourth-order valence-electron chi connectivity index (χ4n) is 1.96. The van der Waals surface area contributed by atoms with E-state index < -0.39 is 0 Å². The van der Waals surface area contributed by atoms with Gasteiger partial charge in [0.25, 0.3) is 0 Å². The Labute approximate surface area is 131 Å². The molecule has 0 aromatic heterocycles. The molecule has 21 heavy (non-hydrogen) atoms. The standard InChI is InChI=1S/C17H14BrFO2/c1-2-14(20)9-11-3-8-15(16(18)10-11)17(21)12-4-6-13(19)7-5-12/h3-8,10H,2,9H2,1H3. The van der Waals surface area contributed by atoms with Gasteiger partial charge in [-0.25, -0.2) is 4.39 Å². The van der Waals surface area contributed by atoms with Gasteiger partial charge in [-0.2, -0.15) is 0 Å². The Kier molecular flexibility index (Phi) is 5.02. The summed E-state index contributed by atoms with van der Waals surface area (Å²) in [6, 6.07) is 10.7. The van der Waals surface area contributed by atoms with E-state index in [1.807, 2.05) is 6.92 Å². The quantitative estimate of drug-likeness (QED) is 0.753. The third-order valence-corrected chi connectivity index (χ3v) is 3.84. The molecule has 0 radical (unpaired) electrons. The Morgan fingerprint density at radius 2 is 1.76 bits per heavy atom. The van der Waals surface area contributed by atoms with Crippen molar-refractivity contribution in [2.24, 2.45) is 0 Å². The van der Waals surface area contributed by atoms with E-state index >= 15 is 0 Å². The van der Waals surface area contributed by atoms with Crippen LogP contribution in [0.2, 0.25) is 0 Å². The topological polar surface area (TPSA) is 34.1 Å². The number of rotatable bonds is 5. The van der Waals surface area contributed by atoms with E-state index in [0.29, 0.717) is 28.4 Å². The van der Waals surface area contributed by atoms with E-state index in [-0.39, 0.29) is 17.4 Å². The highest BCUT2D eigenvalue weighted by Crippen LogP contribution is 2.22. The minimum atomic E-state index is -0.376. The van der Waals surface area contributed by atoms with Crippen LogP contribution < -0.4 is 0 Å². The third kappa shape index (κ3) is 3.85. The number of halogens is 2. The van der Waals surface area contributed by atoms with Crippen molar-refractivity contribution in [2.45, 2.75) is 19.8 Å². The molecule has 0 bridgehead atoms. The highest BCUT2D eigenvalue weighted by Gasteiger charge is 2.13. The monoisotopic (exact) mass is 348 g/mol. The summed E-state index contributed by atoms with van der Waals surface area (Å²) >= 11 is 3.37. The number of ketones is 2. The first-order valence-electron chi connectivity index (χ1n) is 6.61. The molecule has 0 saturated heterocycles. The summed E-state index contributed by atoms with van der Waals surface area (Å²) in [4.78, 5) is 23.8.